The Balaban J connectivity index is 1.34. The molecular formula is C36H41N5O8S. The number of carbonyl (C=O) groups is 5. The Morgan fingerprint density at radius 3 is 2.18 bits per heavy atom. The second-order valence-electron chi connectivity index (χ2n) is 12.5. The van der Waals surface area contributed by atoms with Crippen LogP contribution in [0, 0.1) is 0 Å². The number of sulfone groups is 1. The van der Waals surface area contributed by atoms with Crippen LogP contribution in [-0.4, -0.2) is 80.5 Å². The SMILES string of the molecule is C[C@@H]1NC(=O)[C@@H](NC(=O)CCS(=O)(=O)c2ccccc2)Cc2ccc(cc2)OCCNC(=O)C2(CC2)NC(=O)[C@@H](Cc2ccccc2)NC1=O. The summed E-state index contributed by atoms with van der Waals surface area (Å²) in [5.74, 6) is -2.83. The quantitative estimate of drug-likeness (QED) is 0.225. The lowest BCUT2D eigenvalue weighted by atomic mass is 10.0. The molecule has 1 aliphatic carbocycles. The van der Waals surface area contributed by atoms with E-state index in [0.717, 1.165) is 5.56 Å². The molecule has 3 aromatic carbocycles. The van der Waals surface area contributed by atoms with Gasteiger partial charge in [-0.2, -0.15) is 0 Å². The van der Waals surface area contributed by atoms with E-state index in [9.17, 15) is 32.4 Å². The molecular weight excluding hydrogens is 662 g/mol. The first-order valence-corrected chi connectivity index (χ1v) is 18.1. The summed E-state index contributed by atoms with van der Waals surface area (Å²) in [7, 11) is -3.74. The van der Waals surface area contributed by atoms with E-state index >= 15 is 0 Å². The fraction of sp³-hybridized carbons (Fsp3) is 0.361. The second kappa shape index (κ2) is 16.0. The summed E-state index contributed by atoms with van der Waals surface area (Å²) in [5, 5.41) is 13.6. The molecule has 3 atom stereocenters. The Kier molecular flexibility index (Phi) is 11.5. The van der Waals surface area contributed by atoms with Crippen LogP contribution in [-0.2, 0) is 46.7 Å². The largest absolute Gasteiger partial charge is 0.492 e. The number of fused-ring (bicyclic) bond motifs is 15. The van der Waals surface area contributed by atoms with E-state index in [-0.39, 0.29) is 36.8 Å². The van der Waals surface area contributed by atoms with Crippen molar-refractivity contribution < 1.29 is 37.1 Å². The minimum atomic E-state index is -3.74. The van der Waals surface area contributed by atoms with Crippen molar-refractivity contribution in [2.24, 2.45) is 0 Å². The monoisotopic (exact) mass is 703 g/mol. The van der Waals surface area contributed by atoms with E-state index < -0.39 is 69.3 Å². The first-order valence-electron chi connectivity index (χ1n) is 16.5. The van der Waals surface area contributed by atoms with Gasteiger partial charge in [0.2, 0.25) is 29.5 Å². The number of ether oxygens (including phenoxy) is 1. The molecule has 50 heavy (non-hydrogen) atoms. The molecule has 0 saturated heterocycles. The van der Waals surface area contributed by atoms with E-state index in [1.165, 1.54) is 19.1 Å². The summed E-state index contributed by atoms with van der Waals surface area (Å²) in [5.41, 5.74) is 0.336. The number of nitrogens with one attached hydrogen (secondary N) is 5. The standard InChI is InChI=1S/C36H41N5O8S/c1-24-32(43)40-30(22-25-8-4-2-5-9-25)34(45)41-36(17-18-36)35(46)37-19-20-49-27-14-12-26(13-15-27)23-29(33(44)38-24)39-31(42)16-21-50(47,48)28-10-6-3-7-11-28/h2-15,24,29-30H,16-23H2,1H3,(H,37,46)(H,38,44)(H,39,42)(H,40,43)(H,41,45)/t24-,29-,30+/m0/s1. The Bertz CT molecular complexity index is 1800. The number of hydrogen-bond donors (Lipinski definition) is 5. The Morgan fingerprint density at radius 2 is 1.52 bits per heavy atom. The third kappa shape index (κ3) is 9.68. The first kappa shape index (κ1) is 36.1. The van der Waals surface area contributed by atoms with Crippen molar-refractivity contribution >= 4 is 39.4 Å². The number of benzene rings is 3. The second-order valence-corrected chi connectivity index (χ2v) is 14.6. The van der Waals surface area contributed by atoms with Crippen molar-refractivity contribution in [3.05, 3.63) is 96.1 Å². The van der Waals surface area contributed by atoms with Gasteiger partial charge in [-0.15, -0.1) is 0 Å². The van der Waals surface area contributed by atoms with Gasteiger partial charge in [0, 0.05) is 19.3 Å². The average molecular weight is 704 g/mol. The zero-order chi connectivity index (χ0) is 35.7. The van der Waals surface area contributed by atoms with Gasteiger partial charge in [0.1, 0.15) is 36.0 Å². The zero-order valence-corrected chi connectivity index (χ0v) is 28.5. The predicted molar refractivity (Wildman–Crippen MR) is 183 cm³/mol. The minimum absolute atomic E-state index is 0.0226. The zero-order valence-electron chi connectivity index (χ0n) is 27.6. The molecule has 1 saturated carbocycles. The van der Waals surface area contributed by atoms with Crippen LogP contribution in [0.25, 0.3) is 0 Å². The van der Waals surface area contributed by atoms with Crippen molar-refractivity contribution in [3.63, 3.8) is 0 Å². The minimum Gasteiger partial charge on any atom is -0.492 e. The molecule has 0 unspecified atom stereocenters. The van der Waals surface area contributed by atoms with Crippen molar-refractivity contribution in [2.45, 2.75) is 67.6 Å². The maximum Gasteiger partial charge on any atom is 0.245 e. The number of carbonyl (C=O) groups excluding carboxylic acids is 5. The van der Waals surface area contributed by atoms with E-state index in [2.05, 4.69) is 26.6 Å². The van der Waals surface area contributed by atoms with Gasteiger partial charge in [-0.05, 0) is 55.2 Å². The van der Waals surface area contributed by atoms with Crippen LogP contribution in [0.2, 0.25) is 0 Å². The molecule has 3 aliphatic rings. The van der Waals surface area contributed by atoms with Crippen molar-refractivity contribution in [1.82, 2.24) is 26.6 Å². The van der Waals surface area contributed by atoms with Gasteiger partial charge in [-0.1, -0.05) is 60.7 Å². The summed E-state index contributed by atoms with van der Waals surface area (Å²) in [6.45, 7) is 1.80. The van der Waals surface area contributed by atoms with Crippen molar-refractivity contribution in [2.75, 3.05) is 18.9 Å². The smallest absolute Gasteiger partial charge is 0.245 e. The highest BCUT2D eigenvalue weighted by Crippen LogP contribution is 2.35. The molecule has 3 aromatic rings. The van der Waals surface area contributed by atoms with E-state index in [1.807, 2.05) is 18.2 Å². The van der Waals surface area contributed by atoms with Gasteiger partial charge in [0.05, 0.1) is 17.2 Å². The summed E-state index contributed by atoms with van der Waals surface area (Å²) in [6, 6.07) is 20.3. The third-order valence-electron chi connectivity index (χ3n) is 8.59. The molecule has 0 radical (unpaired) electrons. The maximum atomic E-state index is 13.6. The normalized spacial score (nSPS) is 21.5. The molecule has 2 aliphatic heterocycles. The van der Waals surface area contributed by atoms with Crippen molar-refractivity contribution in [3.8, 4) is 5.75 Å². The molecule has 13 nitrogen and oxygen atoms in total. The van der Waals surface area contributed by atoms with Crippen LogP contribution < -0.4 is 31.3 Å². The van der Waals surface area contributed by atoms with E-state index in [1.54, 1.807) is 54.6 Å². The van der Waals surface area contributed by atoms with Crippen LogP contribution in [0.15, 0.2) is 89.8 Å². The number of amides is 5. The topological polar surface area (TPSA) is 189 Å². The average Bonchev–Trinajstić information content (AvgIpc) is 3.90. The van der Waals surface area contributed by atoms with E-state index in [4.69, 9.17) is 4.74 Å². The van der Waals surface area contributed by atoms with Crippen LogP contribution >= 0.6 is 0 Å². The van der Waals surface area contributed by atoms with Gasteiger partial charge in [0.25, 0.3) is 0 Å². The van der Waals surface area contributed by atoms with Gasteiger partial charge in [0.15, 0.2) is 9.84 Å². The molecule has 2 bridgehead atoms. The predicted octanol–water partition coefficient (Wildman–Crippen LogP) is 0.968. The molecule has 14 heteroatoms. The molecule has 5 amide bonds. The lowest BCUT2D eigenvalue weighted by Gasteiger charge is -2.25. The number of hydrogen-bond acceptors (Lipinski definition) is 8. The Morgan fingerprint density at radius 1 is 0.860 bits per heavy atom. The Hall–Kier alpha value is -5.24. The molecule has 5 N–H and O–H groups in total. The number of rotatable bonds is 7. The van der Waals surface area contributed by atoms with Crippen molar-refractivity contribution in [1.29, 1.82) is 0 Å². The molecule has 2 heterocycles. The lowest BCUT2D eigenvalue weighted by Crippen LogP contribution is -2.59. The van der Waals surface area contributed by atoms with Gasteiger partial charge >= 0.3 is 0 Å². The molecule has 264 valence electrons. The summed E-state index contributed by atoms with van der Waals surface area (Å²) >= 11 is 0. The molecule has 1 fully saturated rings. The summed E-state index contributed by atoms with van der Waals surface area (Å²) in [4.78, 5) is 66.8. The highest BCUT2D eigenvalue weighted by atomic mass is 32.2. The molecule has 0 aromatic heterocycles. The third-order valence-corrected chi connectivity index (χ3v) is 10.3. The fourth-order valence-electron chi connectivity index (χ4n) is 5.50. The molecule has 1 spiro atoms. The van der Waals surface area contributed by atoms with Crippen LogP contribution in [0.4, 0.5) is 0 Å². The highest BCUT2D eigenvalue weighted by molar-refractivity contribution is 7.91. The van der Waals surface area contributed by atoms with Crippen LogP contribution in [0.1, 0.15) is 37.3 Å². The van der Waals surface area contributed by atoms with Gasteiger partial charge in [-0.3, -0.25) is 24.0 Å². The van der Waals surface area contributed by atoms with E-state index in [0.29, 0.717) is 24.2 Å². The van der Waals surface area contributed by atoms with Crippen LogP contribution in [0.5, 0.6) is 5.75 Å². The lowest BCUT2D eigenvalue weighted by molar-refractivity contribution is -0.134. The van der Waals surface area contributed by atoms with Gasteiger partial charge in [-0.25, -0.2) is 8.42 Å². The van der Waals surface area contributed by atoms with Gasteiger partial charge < -0.3 is 31.3 Å². The summed E-state index contributed by atoms with van der Waals surface area (Å²) in [6.07, 6.45) is 0.644. The fourth-order valence-corrected chi connectivity index (χ4v) is 6.76. The molecule has 6 rings (SSSR count). The first-order chi connectivity index (χ1) is 23.9. The highest BCUT2D eigenvalue weighted by Gasteiger charge is 2.51. The maximum absolute atomic E-state index is 13.6. The Labute approximate surface area is 290 Å². The summed E-state index contributed by atoms with van der Waals surface area (Å²) < 4.78 is 31.3. The van der Waals surface area contributed by atoms with Crippen LogP contribution in [0.3, 0.4) is 0 Å².